The van der Waals surface area contributed by atoms with Crippen LogP contribution in [0.25, 0.3) is 0 Å². The number of nitrogen functional groups attached to an aromatic ring is 1. The molecular weight excluding hydrogens is 250 g/mol. The van der Waals surface area contributed by atoms with Crippen molar-refractivity contribution >= 4 is 11.4 Å². The standard InChI is InChI=1S/C16H27N3O/c1-4-9-20-16-11-13(17)10-15(12-16)19-7-5-14(6-8-19)18(2)3/h10-12,14H,4-9,17H2,1-3H3. The first-order valence-electron chi connectivity index (χ1n) is 7.55. The second-order valence-corrected chi connectivity index (χ2v) is 5.79. The Kier molecular flexibility index (Phi) is 5.12. The Morgan fingerprint density at radius 2 is 1.95 bits per heavy atom. The van der Waals surface area contributed by atoms with Gasteiger partial charge >= 0.3 is 0 Å². The number of nitrogens with zero attached hydrogens (tertiary/aromatic N) is 2. The van der Waals surface area contributed by atoms with E-state index in [1.54, 1.807) is 0 Å². The summed E-state index contributed by atoms with van der Waals surface area (Å²) in [4.78, 5) is 4.74. The summed E-state index contributed by atoms with van der Waals surface area (Å²) in [6, 6.07) is 6.77. The van der Waals surface area contributed by atoms with Gasteiger partial charge in [0.05, 0.1) is 6.61 Å². The number of hydrogen-bond acceptors (Lipinski definition) is 4. The lowest BCUT2D eigenvalue weighted by molar-refractivity contribution is 0.249. The second-order valence-electron chi connectivity index (χ2n) is 5.79. The van der Waals surface area contributed by atoms with Crippen molar-refractivity contribution in [2.45, 2.75) is 32.2 Å². The molecule has 4 nitrogen and oxygen atoms in total. The lowest BCUT2D eigenvalue weighted by Gasteiger charge is -2.36. The minimum absolute atomic E-state index is 0.697. The fourth-order valence-corrected chi connectivity index (χ4v) is 2.73. The molecule has 1 aromatic rings. The van der Waals surface area contributed by atoms with Crippen molar-refractivity contribution < 1.29 is 4.74 Å². The minimum atomic E-state index is 0.697. The molecule has 0 radical (unpaired) electrons. The van der Waals surface area contributed by atoms with Crippen molar-refractivity contribution in [1.82, 2.24) is 4.90 Å². The third kappa shape index (κ3) is 3.79. The van der Waals surface area contributed by atoms with E-state index < -0.39 is 0 Å². The predicted molar refractivity (Wildman–Crippen MR) is 85.6 cm³/mol. The summed E-state index contributed by atoms with van der Waals surface area (Å²) in [5, 5.41) is 0. The molecule has 0 atom stereocenters. The average Bonchev–Trinajstić information content (AvgIpc) is 2.44. The molecule has 1 aliphatic rings. The van der Waals surface area contributed by atoms with Crippen LogP contribution in [0.3, 0.4) is 0 Å². The van der Waals surface area contributed by atoms with Gasteiger partial charge in [-0.1, -0.05) is 6.92 Å². The van der Waals surface area contributed by atoms with Gasteiger partial charge in [-0.05, 0) is 39.4 Å². The van der Waals surface area contributed by atoms with E-state index in [1.807, 2.05) is 6.07 Å². The van der Waals surface area contributed by atoms with Crippen LogP contribution in [-0.4, -0.2) is 44.7 Å². The molecule has 0 unspecified atom stereocenters. The summed E-state index contributed by atoms with van der Waals surface area (Å²) >= 11 is 0. The highest BCUT2D eigenvalue weighted by Crippen LogP contribution is 2.28. The molecule has 0 amide bonds. The Hall–Kier alpha value is -1.42. The van der Waals surface area contributed by atoms with Crippen LogP contribution in [0.5, 0.6) is 5.75 Å². The summed E-state index contributed by atoms with van der Waals surface area (Å²) in [5.74, 6) is 0.886. The maximum Gasteiger partial charge on any atom is 0.123 e. The van der Waals surface area contributed by atoms with Crippen molar-refractivity contribution in [2.24, 2.45) is 0 Å². The first kappa shape index (κ1) is 15.0. The highest BCUT2D eigenvalue weighted by molar-refractivity contribution is 5.60. The van der Waals surface area contributed by atoms with Crippen LogP contribution >= 0.6 is 0 Å². The van der Waals surface area contributed by atoms with E-state index in [1.165, 1.54) is 18.5 Å². The molecule has 20 heavy (non-hydrogen) atoms. The van der Waals surface area contributed by atoms with E-state index in [0.717, 1.165) is 37.6 Å². The third-order valence-electron chi connectivity index (χ3n) is 3.95. The van der Waals surface area contributed by atoms with Crippen LogP contribution in [-0.2, 0) is 0 Å². The van der Waals surface area contributed by atoms with Crippen molar-refractivity contribution in [2.75, 3.05) is 44.4 Å². The largest absolute Gasteiger partial charge is 0.493 e. The maximum absolute atomic E-state index is 6.00. The molecule has 0 spiro atoms. The van der Waals surface area contributed by atoms with E-state index in [9.17, 15) is 0 Å². The highest BCUT2D eigenvalue weighted by Gasteiger charge is 2.21. The molecule has 2 N–H and O–H groups in total. The number of rotatable bonds is 5. The molecule has 1 fully saturated rings. The van der Waals surface area contributed by atoms with Crippen LogP contribution in [0.1, 0.15) is 26.2 Å². The maximum atomic E-state index is 6.00. The van der Waals surface area contributed by atoms with Gasteiger partial charge in [0.2, 0.25) is 0 Å². The molecule has 0 aliphatic carbocycles. The van der Waals surface area contributed by atoms with Gasteiger partial charge < -0.3 is 20.3 Å². The summed E-state index contributed by atoms with van der Waals surface area (Å²) in [6.45, 7) is 5.02. The van der Waals surface area contributed by atoms with Gasteiger partial charge in [0.25, 0.3) is 0 Å². The lowest BCUT2D eigenvalue weighted by atomic mass is 10.0. The Morgan fingerprint density at radius 3 is 2.55 bits per heavy atom. The SMILES string of the molecule is CCCOc1cc(N)cc(N2CCC(N(C)C)CC2)c1. The van der Waals surface area contributed by atoms with Crippen LogP contribution in [0.15, 0.2) is 18.2 Å². The highest BCUT2D eigenvalue weighted by atomic mass is 16.5. The van der Waals surface area contributed by atoms with Gasteiger partial charge in [-0.15, -0.1) is 0 Å². The topological polar surface area (TPSA) is 41.7 Å². The normalized spacial score (nSPS) is 16.7. The molecule has 1 heterocycles. The zero-order valence-corrected chi connectivity index (χ0v) is 12.9. The third-order valence-corrected chi connectivity index (χ3v) is 3.95. The quantitative estimate of drug-likeness (QED) is 0.840. The molecule has 0 aromatic heterocycles. The summed E-state index contributed by atoms with van der Waals surface area (Å²) in [7, 11) is 4.33. The van der Waals surface area contributed by atoms with E-state index in [2.05, 4.69) is 43.0 Å². The number of ether oxygens (including phenoxy) is 1. The van der Waals surface area contributed by atoms with Crippen LogP contribution in [0, 0.1) is 0 Å². The smallest absolute Gasteiger partial charge is 0.123 e. The minimum Gasteiger partial charge on any atom is -0.493 e. The number of piperidine rings is 1. The first-order chi connectivity index (χ1) is 9.60. The van der Waals surface area contributed by atoms with E-state index >= 15 is 0 Å². The van der Waals surface area contributed by atoms with Crippen LogP contribution in [0.4, 0.5) is 11.4 Å². The van der Waals surface area contributed by atoms with Crippen molar-refractivity contribution in [3.05, 3.63) is 18.2 Å². The van der Waals surface area contributed by atoms with Crippen molar-refractivity contribution in [3.8, 4) is 5.75 Å². The molecule has 1 saturated heterocycles. The van der Waals surface area contributed by atoms with E-state index in [4.69, 9.17) is 10.5 Å². The number of benzene rings is 1. The molecular formula is C16H27N3O. The fraction of sp³-hybridized carbons (Fsp3) is 0.625. The van der Waals surface area contributed by atoms with Crippen molar-refractivity contribution in [1.29, 1.82) is 0 Å². The van der Waals surface area contributed by atoms with Gasteiger partial charge in [-0.2, -0.15) is 0 Å². The summed E-state index contributed by atoms with van der Waals surface area (Å²) < 4.78 is 5.71. The number of hydrogen-bond donors (Lipinski definition) is 1. The fourth-order valence-electron chi connectivity index (χ4n) is 2.73. The average molecular weight is 277 g/mol. The first-order valence-corrected chi connectivity index (χ1v) is 7.55. The predicted octanol–water partition coefficient (Wildman–Crippen LogP) is 2.59. The summed E-state index contributed by atoms with van der Waals surface area (Å²) in [5.41, 5.74) is 7.97. The zero-order chi connectivity index (χ0) is 14.5. The van der Waals surface area contributed by atoms with Gasteiger partial charge in [0.1, 0.15) is 5.75 Å². The number of nitrogens with two attached hydrogens (primary N) is 1. The lowest BCUT2D eigenvalue weighted by Crippen LogP contribution is -2.42. The molecule has 1 aromatic carbocycles. The molecule has 0 saturated carbocycles. The van der Waals surface area contributed by atoms with Crippen molar-refractivity contribution in [3.63, 3.8) is 0 Å². The van der Waals surface area contributed by atoms with Gasteiger partial charge in [0.15, 0.2) is 0 Å². The monoisotopic (exact) mass is 277 g/mol. The van der Waals surface area contributed by atoms with Crippen LogP contribution < -0.4 is 15.4 Å². The van der Waals surface area contributed by atoms with Gasteiger partial charge in [-0.3, -0.25) is 0 Å². The zero-order valence-electron chi connectivity index (χ0n) is 12.9. The van der Waals surface area contributed by atoms with Gasteiger partial charge in [0, 0.05) is 42.6 Å². The Balaban J connectivity index is 2.03. The van der Waals surface area contributed by atoms with Gasteiger partial charge in [-0.25, -0.2) is 0 Å². The molecule has 1 aliphatic heterocycles. The Morgan fingerprint density at radius 1 is 1.25 bits per heavy atom. The Labute approximate surface area is 122 Å². The molecule has 112 valence electrons. The van der Waals surface area contributed by atoms with Crippen LogP contribution in [0.2, 0.25) is 0 Å². The Bertz CT molecular complexity index is 426. The van der Waals surface area contributed by atoms with E-state index in [-0.39, 0.29) is 0 Å². The molecule has 2 rings (SSSR count). The second kappa shape index (κ2) is 6.84. The van der Waals surface area contributed by atoms with E-state index in [0.29, 0.717) is 6.04 Å². The molecule has 4 heteroatoms. The summed E-state index contributed by atoms with van der Waals surface area (Å²) in [6.07, 6.45) is 3.41. The molecule has 0 bridgehead atoms. The number of anilines is 2.